The minimum atomic E-state index is -1.04. The summed E-state index contributed by atoms with van der Waals surface area (Å²) < 4.78 is 5.45. The van der Waals surface area contributed by atoms with E-state index in [1.165, 1.54) is 11.1 Å². The summed E-state index contributed by atoms with van der Waals surface area (Å²) in [5, 5.41) is 14.2. The zero-order chi connectivity index (χ0) is 22.2. The number of fused-ring (bicyclic) bond motifs is 3. The lowest BCUT2D eigenvalue weighted by Crippen LogP contribution is -2.40. The molecule has 3 N–H and O–H groups in total. The number of aliphatic carboxylic acids is 1. The summed E-state index contributed by atoms with van der Waals surface area (Å²) in [6, 6.07) is 15.4. The van der Waals surface area contributed by atoms with Gasteiger partial charge in [0.25, 0.3) is 0 Å². The quantitative estimate of drug-likeness (QED) is 0.505. The van der Waals surface area contributed by atoms with E-state index in [0.717, 1.165) is 11.1 Å². The van der Waals surface area contributed by atoms with E-state index < -0.39 is 18.1 Å². The average Bonchev–Trinajstić information content (AvgIpc) is 3.09. The fourth-order valence-corrected chi connectivity index (χ4v) is 3.90. The Morgan fingerprint density at radius 2 is 1.65 bits per heavy atom. The Bertz CT molecular complexity index is 898. The molecule has 0 saturated carbocycles. The molecule has 1 atom stereocenters. The van der Waals surface area contributed by atoms with Gasteiger partial charge < -0.3 is 20.5 Å². The van der Waals surface area contributed by atoms with Gasteiger partial charge in [0, 0.05) is 18.9 Å². The fraction of sp³-hybridized carbons (Fsp3) is 0.375. The maximum Gasteiger partial charge on any atom is 0.407 e. The highest BCUT2D eigenvalue weighted by atomic mass is 16.5. The molecule has 0 heterocycles. The molecular weight excluding hydrogens is 396 g/mol. The minimum Gasteiger partial charge on any atom is -0.480 e. The molecule has 0 aromatic heterocycles. The van der Waals surface area contributed by atoms with Crippen molar-refractivity contribution in [1.82, 2.24) is 10.6 Å². The van der Waals surface area contributed by atoms with Crippen molar-refractivity contribution >= 4 is 18.0 Å². The van der Waals surface area contributed by atoms with Crippen molar-refractivity contribution in [3.05, 3.63) is 59.7 Å². The summed E-state index contributed by atoms with van der Waals surface area (Å²) in [7, 11) is 0. The van der Waals surface area contributed by atoms with Gasteiger partial charge in [-0.25, -0.2) is 9.59 Å². The Kier molecular flexibility index (Phi) is 7.65. The number of rotatable bonds is 10. The zero-order valence-electron chi connectivity index (χ0n) is 17.6. The van der Waals surface area contributed by atoms with E-state index in [1.807, 2.05) is 31.2 Å². The second kappa shape index (κ2) is 10.6. The predicted molar refractivity (Wildman–Crippen MR) is 117 cm³/mol. The number of amides is 2. The standard InChI is InChI=1S/C24H28N2O5/c1-2-8-21(23(28)29)26-22(27)13-7-14-25-24(30)31-15-20-18-11-5-3-9-16(18)17-10-4-6-12-19(17)20/h3-6,9-12,20-21H,2,7-8,13-15H2,1H3,(H,25,30)(H,26,27)(H,28,29)/t21-/m1/s1. The van der Waals surface area contributed by atoms with Crippen LogP contribution in [0.25, 0.3) is 11.1 Å². The number of alkyl carbamates (subject to hydrolysis) is 1. The molecule has 7 heteroatoms. The summed E-state index contributed by atoms with van der Waals surface area (Å²) in [6.07, 6.45) is 1.06. The van der Waals surface area contributed by atoms with Crippen LogP contribution in [0.2, 0.25) is 0 Å². The van der Waals surface area contributed by atoms with Gasteiger partial charge in [-0.3, -0.25) is 4.79 Å². The number of ether oxygens (including phenoxy) is 1. The number of benzene rings is 2. The van der Waals surface area contributed by atoms with Crippen LogP contribution in [0, 0.1) is 0 Å². The summed E-state index contributed by atoms with van der Waals surface area (Å²) in [5.41, 5.74) is 4.63. The van der Waals surface area contributed by atoms with E-state index >= 15 is 0 Å². The molecule has 1 aliphatic carbocycles. The van der Waals surface area contributed by atoms with Crippen LogP contribution in [0.1, 0.15) is 49.7 Å². The molecule has 0 bridgehead atoms. The summed E-state index contributed by atoms with van der Waals surface area (Å²) in [5.74, 6) is -1.38. The van der Waals surface area contributed by atoms with Crippen LogP contribution in [0.5, 0.6) is 0 Å². The third-order valence-corrected chi connectivity index (χ3v) is 5.40. The minimum absolute atomic E-state index is 0.00422. The van der Waals surface area contributed by atoms with Crippen LogP contribution in [0.15, 0.2) is 48.5 Å². The van der Waals surface area contributed by atoms with Crippen molar-refractivity contribution in [3.8, 4) is 11.1 Å². The molecule has 7 nitrogen and oxygen atoms in total. The Balaban J connectivity index is 1.42. The average molecular weight is 424 g/mol. The smallest absolute Gasteiger partial charge is 0.407 e. The highest BCUT2D eigenvalue weighted by molar-refractivity contribution is 5.83. The number of hydrogen-bond acceptors (Lipinski definition) is 4. The molecule has 2 aromatic rings. The summed E-state index contributed by atoms with van der Waals surface area (Å²) >= 11 is 0. The molecular formula is C24H28N2O5. The number of carbonyl (C=O) groups excluding carboxylic acids is 2. The van der Waals surface area contributed by atoms with Gasteiger partial charge >= 0.3 is 12.1 Å². The Hall–Kier alpha value is -3.35. The zero-order valence-corrected chi connectivity index (χ0v) is 17.6. The molecule has 0 saturated heterocycles. The van der Waals surface area contributed by atoms with Gasteiger partial charge in [0.15, 0.2) is 0 Å². The van der Waals surface area contributed by atoms with Crippen LogP contribution >= 0.6 is 0 Å². The number of carboxylic acids is 1. The van der Waals surface area contributed by atoms with E-state index in [-0.39, 0.29) is 31.4 Å². The van der Waals surface area contributed by atoms with Gasteiger partial charge in [-0.2, -0.15) is 0 Å². The SMILES string of the molecule is CCC[C@@H](NC(=O)CCCNC(=O)OCC1c2ccccc2-c2ccccc21)C(=O)O. The first-order chi connectivity index (χ1) is 15.0. The monoisotopic (exact) mass is 424 g/mol. The summed E-state index contributed by atoms with van der Waals surface area (Å²) in [4.78, 5) is 35.1. The molecule has 3 rings (SSSR count). The van der Waals surface area contributed by atoms with E-state index in [2.05, 4.69) is 34.9 Å². The molecule has 0 unspecified atom stereocenters. The van der Waals surface area contributed by atoms with Crippen molar-refractivity contribution < 1.29 is 24.2 Å². The molecule has 2 amide bonds. The molecule has 0 radical (unpaired) electrons. The maximum absolute atomic E-state index is 12.1. The summed E-state index contributed by atoms with van der Waals surface area (Å²) in [6.45, 7) is 2.37. The molecule has 31 heavy (non-hydrogen) atoms. The largest absolute Gasteiger partial charge is 0.480 e. The number of hydrogen-bond donors (Lipinski definition) is 3. The van der Waals surface area contributed by atoms with Crippen LogP contribution in [0.3, 0.4) is 0 Å². The normalized spacial score (nSPS) is 13.1. The first-order valence-corrected chi connectivity index (χ1v) is 10.6. The molecule has 0 fully saturated rings. The van der Waals surface area contributed by atoms with Crippen LogP contribution in [-0.4, -0.2) is 42.3 Å². The van der Waals surface area contributed by atoms with Crippen molar-refractivity contribution in [2.75, 3.05) is 13.2 Å². The molecule has 1 aliphatic rings. The molecule has 164 valence electrons. The lowest BCUT2D eigenvalue weighted by molar-refractivity contribution is -0.142. The van der Waals surface area contributed by atoms with Gasteiger partial charge in [-0.1, -0.05) is 61.9 Å². The Morgan fingerprint density at radius 1 is 1.03 bits per heavy atom. The van der Waals surface area contributed by atoms with Crippen molar-refractivity contribution in [1.29, 1.82) is 0 Å². The van der Waals surface area contributed by atoms with Crippen molar-refractivity contribution in [2.45, 2.75) is 44.6 Å². The first-order valence-electron chi connectivity index (χ1n) is 10.6. The van der Waals surface area contributed by atoms with Gasteiger partial charge in [-0.15, -0.1) is 0 Å². The van der Waals surface area contributed by atoms with Crippen LogP contribution < -0.4 is 10.6 Å². The van der Waals surface area contributed by atoms with E-state index in [1.54, 1.807) is 0 Å². The number of carboxylic acid groups (broad SMARTS) is 1. The molecule has 0 spiro atoms. The van der Waals surface area contributed by atoms with E-state index in [9.17, 15) is 14.4 Å². The van der Waals surface area contributed by atoms with E-state index in [4.69, 9.17) is 9.84 Å². The Labute approximate surface area is 181 Å². The van der Waals surface area contributed by atoms with Crippen LogP contribution in [-0.2, 0) is 14.3 Å². The number of carbonyl (C=O) groups is 3. The third kappa shape index (κ3) is 5.63. The second-order valence-corrected chi connectivity index (χ2v) is 7.60. The lowest BCUT2D eigenvalue weighted by atomic mass is 9.98. The van der Waals surface area contributed by atoms with Crippen molar-refractivity contribution in [2.24, 2.45) is 0 Å². The van der Waals surface area contributed by atoms with Gasteiger partial charge in [0.1, 0.15) is 12.6 Å². The maximum atomic E-state index is 12.1. The lowest BCUT2D eigenvalue weighted by Gasteiger charge is -2.15. The van der Waals surface area contributed by atoms with Crippen molar-refractivity contribution in [3.63, 3.8) is 0 Å². The highest BCUT2D eigenvalue weighted by Crippen LogP contribution is 2.44. The Morgan fingerprint density at radius 3 is 2.23 bits per heavy atom. The molecule has 2 aromatic carbocycles. The predicted octanol–water partition coefficient (Wildman–Crippen LogP) is 3.67. The highest BCUT2D eigenvalue weighted by Gasteiger charge is 2.29. The van der Waals surface area contributed by atoms with Crippen LogP contribution in [0.4, 0.5) is 4.79 Å². The topological polar surface area (TPSA) is 105 Å². The van der Waals surface area contributed by atoms with Gasteiger partial charge in [0.05, 0.1) is 0 Å². The van der Waals surface area contributed by atoms with E-state index in [0.29, 0.717) is 19.3 Å². The van der Waals surface area contributed by atoms with Gasteiger partial charge in [0.2, 0.25) is 5.91 Å². The first kappa shape index (κ1) is 22.3. The second-order valence-electron chi connectivity index (χ2n) is 7.60. The van der Waals surface area contributed by atoms with Gasteiger partial charge in [-0.05, 0) is 35.1 Å². The third-order valence-electron chi connectivity index (χ3n) is 5.40. The molecule has 0 aliphatic heterocycles. The fourth-order valence-electron chi connectivity index (χ4n) is 3.90. The number of nitrogens with one attached hydrogen (secondary N) is 2.